The Morgan fingerprint density at radius 3 is 2.52 bits per heavy atom. The van der Waals surface area contributed by atoms with Crippen LogP contribution in [0.5, 0.6) is 0 Å². The third-order valence-corrected chi connectivity index (χ3v) is 4.36. The summed E-state index contributed by atoms with van der Waals surface area (Å²) in [4.78, 5) is 24.0. The Morgan fingerprint density at radius 1 is 1.19 bits per heavy atom. The maximum absolute atomic E-state index is 12.0. The van der Waals surface area contributed by atoms with Gasteiger partial charge in [-0.3, -0.25) is 9.59 Å². The zero-order chi connectivity index (χ0) is 19.6. The molecule has 5 nitrogen and oxygen atoms in total. The molecule has 0 saturated carbocycles. The number of nitrogens with two attached hydrogens (primary N) is 1. The fourth-order valence-electron chi connectivity index (χ4n) is 2.64. The molecule has 0 bridgehead atoms. The molecule has 1 amide bonds. The molecule has 2 aromatic carbocycles. The van der Waals surface area contributed by atoms with Gasteiger partial charge in [0.05, 0.1) is 24.4 Å². The first-order chi connectivity index (χ1) is 13.0. The van der Waals surface area contributed by atoms with Crippen LogP contribution in [0.3, 0.4) is 0 Å². The minimum atomic E-state index is -0.337. The van der Waals surface area contributed by atoms with Crippen LogP contribution in [0, 0.1) is 0 Å². The Balaban J connectivity index is 2.03. The summed E-state index contributed by atoms with van der Waals surface area (Å²) in [6.07, 6.45) is 4.49. The van der Waals surface area contributed by atoms with Gasteiger partial charge in [-0.2, -0.15) is 0 Å². The van der Waals surface area contributed by atoms with Crippen LogP contribution >= 0.6 is 11.6 Å². The predicted molar refractivity (Wildman–Crippen MR) is 110 cm³/mol. The number of methoxy groups -OCH3 is 1. The van der Waals surface area contributed by atoms with Gasteiger partial charge in [0.25, 0.3) is 0 Å². The quantitative estimate of drug-likeness (QED) is 0.308. The van der Waals surface area contributed by atoms with Gasteiger partial charge in [0.15, 0.2) is 0 Å². The number of amides is 1. The van der Waals surface area contributed by atoms with E-state index in [2.05, 4.69) is 5.32 Å². The minimum absolute atomic E-state index is 0.272. The van der Waals surface area contributed by atoms with E-state index in [1.807, 2.05) is 24.3 Å². The lowest BCUT2D eigenvalue weighted by Crippen LogP contribution is -2.14. The molecule has 0 radical (unpaired) electrons. The zero-order valence-corrected chi connectivity index (χ0v) is 15.9. The van der Waals surface area contributed by atoms with E-state index in [1.165, 1.54) is 13.2 Å². The monoisotopic (exact) mass is 386 g/mol. The average Bonchev–Trinajstić information content (AvgIpc) is 2.69. The molecule has 1 atom stereocenters. The Kier molecular flexibility index (Phi) is 7.89. The normalized spacial score (nSPS) is 11.9. The number of ether oxygens (including phenoxy) is 1. The maximum Gasteiger partial charge on any atom is 0.313 e. The van der Waals surface area contributed by atoms with E-state index < -0.39 is 0 Å². The van der Waals surface area contributed by atoms with E-state index in [-0.39, 0.29) is 17.8 Å². The smallest absolute Gasteiger partial charge is 0.313 e. The van der Waals surface area contributed by atoms with Crippen LogP contribution in [0.2, 0.25) is 0 Å². The van der Waals surface area contributed by atoms with Crippen LogP contribution in [0.15, 0.2) is 54.6 Å². The number of nitrogens with one attached hydrogen (secondary N) is 1. The molecule has 0 aliphatic heterocycles. The van der Waals surface area contributed by atoms with Gasteiger partial charge in [-0.25, -0.2) is 0 Å². The van der Waals surface area contributed by atoms with Crippen molar-refractivity contribution in [3.8, 4) is 0 Å². The summed E-state index contributed by atoms with van der Waals surface area (Å²) in [7, 11) is 1.38. The van der Waals surface area contributed by atoms with Crippen LogP contribution in [0.1, 0.15) is 29.9 Å². The lowest BCUT2D eigenvalue weighted by Gasteiger charge is -2.14. The molecule has 2 aromatic rings. The van der Waals surface area contributed by atoms with Gasteiger partial charge < -0.3 is 15.8 Å². The van der Waals surface area contributed by atoms with Gasteiger partial charge in [0, 0.05) is 12.0 Å². The average molecular weight is 387 g/mol. The number of hydrogen-bond donors (Lipinski definition) is 2. The minimum Gasteiger partial charge on any atom is -0.469 e. The Bertz CT molecular complexity index is 803. The third kappa shape index (κ3) is 6.15. The van der Waals surface area contributed by atoms with Crippen molar-refractivity contribution in [2.24, 2.45) is 0 Å². The molecule has 0 aliphatic carbocycles. The van der Waals surface area contributed by atoms with Crippen molar-refractivity contribution < 1.29 is 14.3 Å². The topological polar surface area (TPSA) is 81.4 Å². The van der Waals surface area contributed by atoms with Gasteiger partial charge in [-0.15, -0.1) is 11.6 Å². The highest BCUT2D eigenvalue weighted by Gasteiger charge is 2.20. The predicted octanol–water partition coefficient (Wildman–Crippen LogP) is 4.20. The van der Waals surface area contributed by atoms with Crippen molar-refractivity contribution in [3.63, 3.8) is 0 Å². The summed E-state index contributed by atoms with van der Waals surface area (Å²) < 4.78 is 4.88. The number of anilines is 2. The van der Waals surface area contributed by atoms with Gasteiger partial charge in [-0.1, -0.05) is 36.4 Å². The summed E-state index contributed by atoms with van der Waals surface area (Å²) in [5, 5.41) is 2.73. The molecular weight excluding hydrogens is 364 g/mol. The lowest BCUT2D eigenvalue weighted by molar-refractivity contribution is -0.142. The van der Waals surface area contributed by atoms with Crippen LogP contribution < -0.4 is 11.1 Å². The zero-order valence-electron chi connectivity index (χ0n) is 15.2. The van der Waals surface area contributed by atoms with Crippen LogP contribution in [-0.4, -0.2) is 24.9 Å². The van der Waals surface area contributed by atoms with Crippen molar-refractivity contribution >= 4 is 40.9 Å². The summed E-state index contributed by atoms with van der Waals surface area (Å²) in [6, 6.07) is 14.5. The Hall–Kier alpha value is -2.79. The van der Waals surface area contributed by atoms with Crippen molar-refractivity contribution in [2.75, 3.05) is 24.0 Å². The van der Waals surface area contributed by atoms with Crippen LogP contribution in [0.4, 0.5) is 11.4 Å². The van der Waals surface area contributed by atoms with E-state index in [0.717, 1.165) is 17.5 Å². The molecule has 0 heterocycles. The highest BCUT2D eigenvalue weighted by atomic mass is 35.5. The summed E-state index contributed by atoms with van der Waals surface area (Å²) in [5.74, 6) is -0.388. The lowest BCUT2D eigenvalue weighted by atomic mass is 9.94. The van der Waals surface area contributed by atoms with Crippen LogP contribution in [0.25, 0.3) is 6.08 Å². The molecule has 2 rings (SSSR count). The molecule has 0 fully saturated rings. The molecule has 142 valence electrons. The number of carbonyl (C=O) groups is 2. The number of hydrogen-bond acceptors (Lipinski definition) is 4. The van der Waals surface area contributed by atoms with Gasteiger partial charge in [-0.05, 0) is 42.2 Å². The fraction of sp³-hybridized carbons (Fsp3) is 0.238. The van der Waals surface area contributed by atoms with Gasteiger partial charge >= 0.3 is 5.97 Å². The number of halogens is 1. The third-order valence-electron chi connectivity index (χ3n) is 4.10. The standard InChI is InChI=1S/C21H23ClN2O3/c1-27-21(26)17(5-4-14-22)16-11-8-15(9-12-16)10-13-20(25)24-19-7-3-2-6-18(19)23/h2-3,6-13,17H,4-5,14,23H2,1H3,(H,24,25)/b13-10+. The maximum atomic E-state index is 12.0. The first-order valence-electron chi connectivity index (χ1n) is 8.62. The second-order valence-electron chi connectivity index (χ2n) is 5.98. The largest absolute Gasteiger partial charge is 0.469 e. The number of carbonyl (C=O) groups excluding carboxylic acids is 2. The number of para-hydroxylation sites is 2. The second-order valence-corrected chi connectivity index (χ2v) is 6.36. The molecular formula is C21H23ClN2O3. The molecule has 0 saturated heterocycles. The highest BCUT2D eigenvalue weighted by molar-refractivity contribution is 6.17. The molecule has 27 heavy (non-hydrogen) atoms. The summed E-state index contributed by atoms with van der Waals surface area (Å²) in [5.41, 5.74) is 8.60. The molecule has 3 N–H and O–H groups in total. The molecule has 6 heteroatoms. The van der Waals surface area contributed by atoms with Crippen molar-refractivity contribution in [1.29, 1.82) is 0 Å². The number of nitrogen functional groups attached to an aromatic ring is 1. The first-order valence-corrected chi connectivity index (χ1v) is 9.16. The second kappa shape index (κ2) is 10.4. The Morgan fingerprint density at radius 2 is 1.89 bits per heavy atom. The van der Waals surface area contributed by atoms with E-state index >= 15 is 0 Å². The van der Waals surface area contributed by atoms with E-state index in [1.54, 1.807) is 30.3 Å². The number of esters is 1. The van der Waals surface area contributed by atoms with E-state index in [4.69, 9.17) is 22.1 Å². The van der Waals surface area contributed by atoms with Gasteiger partial charge in [0.1, 0.15) is 0 Å². The van der Waals surface area contributed by atoms with Crippen molar-refractivity contribution in [2.45, 2.75) is 18.8 Å². The SMILES string of the molecule is COC(=O)C(CCCCl)c1ccc(/C=C/C(=O)Nc2ccccc2N)cc1. The molecule has 0 aliphatic rings. The number of benzene rings is 2. The van der Waals surface area contributed by atoms with E-state index in [9.17, 15) is 9.59 Å². The first kappa shape index (κ1) is 20.5. The highest BCUT2D eigenvalue weighted by Crippen LogP contribution is 2.24. The van der Waals surface area contributed by atoms with Crippen molar-refractivity contribution in [3.05, 3.63) is 65.7 Å². The van der Waals surface area contributed by atoms with Gasteiger partial charge in [0.2, 0.25) is 5.91 Å². The fourth-order valence-corrected chi connectivity index (χ4v) is 2.80. The molecule has 0 spiro atoms. The number of alkyl halides is 1. The summed E-state index contributed by atoms with van der Waals surface area (Å²) >= 11 is 5.74. The molecule has 0 aromatic heterocycles. The number of rotatable bonds is 8. The Labute approximate surface area is 164 Å². The summed E-state index contributed by atoms with van der Waals surface area (Å²) in [6.45, 7) is 0. The molecule has 1 unspecified atom stereocenters. The van der Waals surface area contributed by atoms with Crippen molar-refractivity contribution in [1.82, 2.24) is 0 Å². The van der Waals surface area contributed by atoms with E-state index in [0.29, 0.717) is 23.7 Å². The van der Waals surface area contributed by atoms with Crippen LogP contribution in [-0.2, 0) is 14.3 Å².